The Morgan fingerprint density at radius 2 is 2.04 bits per heavy atom. The SMILES string of the molecule is O=C(NCc1c(C2CC2)ccc2c1NNN2)c1ccc(OC(F)F)c(F)c1. The minimum absolute atomic E-state index is 0.0267. The van der Waals surface area contributed by atoms with E-state index in [1.54, 1.807) is 0 Å². The number of amides is 1. The van der Waals surface area contributed by atoms with E-state index in [1.165, 1.54) is 11.6 Å². The van der Waals surface area contributed by atoms with Crippen molar-refractivity contribution in [3.05, 3.63) is 52.8 Å². The van der Waals surface area contributed by atoms with Crippen molar-refractivity contribution in [2.75, 3.05) is 10.9 Å². The van der Waals surface area contributed by atoms with Gasteiger partial charge in [0, 0.05) is 17.7 Å². The third kappa shape index (κ3) is 3.63. The van der Waals surface area contributed by atoms with Crippen LogP contribution in [-0.4, -0.2) is 12.5 Å². The lowest BCUT2D eigenvalue weighted by molar-refractivity contribution is -0.0521. The molecule has 0 radical (unpaired) electrons. The van der Waals surface area contributed by atoms with Gasteiger partial charge in [0.15, 0.2) is 11.6 Å². The highest BCUT2D eigenvalue weighted by molar-refractivity contribution is 5.94. The lowest BCUT2D eigenvalue weighted by atomic mass is 10.00. The van der Waals surface area contributed by atoms with Crippen LogP contribution in [0, 0.1) is 5.82 Å². The van der Waals surface area contributed by atoms with Crippen molar-refractivity contribution < 1.29 is 22.7 Å². The largest absolute Gasteiger partial charge is 0.432 e. The maximum atomic E-state index is 13.8. The van der Waals surface area contributed by atoms with E-state index >= 15 is 0 Å². The Balaban J connectivity index is 1.50. The number of hydrogen-bond donors (Lipinski definition) is 4. The van der Waals surface area contributed by atoms with E-state index in [-0.39, 0.29) is 12.1 Å². The molecule has 2 aliphatic rings. The van der Waals surface area contributed by atoms with Crippen LogP contribution in [0.4, 0.5) is 24.5 Å². The second-order valence-electron chi connectivity index (χ2n) is 6.41. The highest BCUT2D eigenvalue weighted by Gasteiger charge is 2.29. The first-order chi connectivity index (χ1) is 13.0. The molecule has 1 heterocycles. The van der Waals surface area contributed by atoms with E-state index < -0.39 is 24.1 Å². The number of ether oxygens (including phenoxy) is 1. The van der Waals surface area contributed by atoms with Gasteiger partial charge in [-0.2, -0.15) is 8.78 Å². The summed E-state index contributed by atoms with van der Waals surface area (Å²) < 4.78 is 42.3. The normalized spacial score (nSPS) is 15.1. The standard InChI is InChI=1S/C18H17F3N4O2/c19-13-7-10(3-6-15(13)27-18(20)21)17(26)22-8-12-11(9-1-2-9)4-5-14-16(12)24-25-23-14/h3-7,9,18,23-25H,1-2,8H2,(H,22,26). The van der Waals surface area contributed by atoms with Crippen LogP contribution >= 0.6 is 0 Å². The topological polar surface area (TPSA) is 74.4 Å². The molecule has 1 aliphatic heterocycles. The van der Waals surface area contributed by atoms with Gasteiger partial charge in [-0.25, -0.2) is 4.39 Å². The van der Waals surface area contributed by atoms with Gasteiger partial charge < -0.3 is 20.9 Å². The Labute approximate surface area is 153 Å². The first-order valence-corrected chi connectivity index (χ1v) is 8.48. The Bertz CT molecular complexity index is 887. The van der Waals surface area contributed by atoms with Crippen LogP contribution in [0.5, 0.6) is 5.75 Å². The van der Waals surface area contributed by atoms with Gasteiger partial charge in [-0.05, 0) is 48.6 Å². The van der Waals surface area contributed by atoms with Gasteiger partial charge in [0.2, 0.25) is 0 Å². The molecule has 2 aromatic carbocycles. The number of carbonyl (C=O) groups is 1. The molecule has 142 valence electrons. The number of rotatable bonds is 6. The summed E-state index contributed by atoms with van der Waals surface area (Å²) in [5.41, 5.74) is 12.7. The summed E-state index contributed by atoms with van der Waals surface area (Å²) in [7, 11) is 0. The van der Waals surface area contributed by atoms with Crippen LogP contribution < -0.4 is 26.4 Å². The smallest absolute Gasteiger partial charge is 0.387 e. The van der Waals surface area contributed by atoms with Crippen LogP contribution in [0.25, 0.3) is 0 Å². The van der Waals surface area contributed by atoms with E-state index in [0.717, 1.165) is 41.9 Å². The molecular weight excluding hydrogens is 361 g/mol. The van der Waals surface area contributed by atoms with Crippen molar-refractivity contribution in [1.29, 1.82) is 0 Å². The number of fused-ring (bicyclic) bond motifs is 1. The summed E-state index contributed by atoms with van der Waals surface area (Å²) in [6, 6.07) is 7.15. The monoisotopic (exact) mass is 378 g/mol. The van der Waals surface area contributed by atoms with Crippen molar-refractivity contribution in [1.82, 2.24) is 10.9 Å². The third-order valence-corrected chi connectivity index (χ3v) is 4.59. The molecule has 4 N–H and O–H groups in total. The predicted molar refractivity (Wildman–Crippen MR) is 93.0 cm³/mol. The van der Waals surface area contributed by atoms with Crippen molar-refractivity contribution in [2.24, 2.45) is 0 Å². The van der Waals surface area contributed by atoms with Gasteiger partial charge in [0.1, 0.15) is 0 Å². The van der Waals surface area contributed by atoms with E-state index in [1.807, 2.05) is 12.1 Å². The molecule has 0 unspecified atom stereocenters. The number of halogens is 3. The zero-order chi connectivity index (χ0) is 19.0. The second-order valence-corrected chi connectivity index (χ2v) is 6.41. The quantitative estimate of drug-likeness (QED) is 0.619. The zero-order valence-electron chi connectivity index (χ0n) is 14.1. The number of benzene rings is 2. The number of alkyl halides is 2. The minimum atomic E-state index is -3.13. The van der Waals surface area contributed by atoms with Crippen LogP contribution in [0.1, 0.15) is 40.2 Å². The number of anilines is 2. The molecule has 1 saturated carbocycles. The number of hydrazine groups is 2. The molecule has 2 aromatic rings. The van der Waals surface area contributed by atoms with Crippen LogP contribution in [0.2, 0.25) is 0 Å². The van der Waals surface area contributed by atoms with Gasteiger partial charge in [-0.3, -0.25) is 4.79 Å². The van der Waals surface area contributed by atoms with Crippen molar-refractivity contribution >= 4 is 17.3 Å². The fourth-order valence-electron chi connectivity index (χ4n) is 3.14. The molecule has 1 fully saturated rings. The summed E-state index contributed by atoms with van der Waals surface area (Å²) in [4.78, 5) is 12.4. The molecule has 1 amide bonds. The average molecular weight is 378 g/mol. The summed E-state index contributed by atoms with van der Waals surface area (Å²) in [5.74, 6) is -1.64. The molecular formula is C18H17F3N4O2. The number of hydrogen-bond acceptors (Lipinski definition) is 5. The van der Waals surface area contributed by atoms with E-state index in [4.69, 9.17) is 0 Å². The van der Waals surface area contributed by atoms with Gasteiger partial charge in [-0.1, -0.05) is 6.07 Å². The predicted octanol–water partition coefficient (Wildman–Crippen LogP) is 3.49. The first-order valence-electron chi connectivity index (χ1n) is 8.48. The highest BCUT2D eigenvalue weighted by Crippen LogP contribution is 2.45. The molecule has 0 spiro atoms. The van der Waals surface area contributed by atoms with Gasteiger partial charge in [0.25, 0.3) is 5.91 Å². The Morgan fingerprint density at radius 3 is 2.74 bits per heavy atom. The van der Waals surface area contributed by atoms with Crippen LogP contribution in [0.3, 0.4) is 0 Å². The lowest BCUT2D eigenvalue weighted by Crippen LogP contribution is -2.24. The first kappa shape index (κ1) is 17.5. The average Bonchev–Trinajstić information content (AvgIpc) is 3.37. The second kappa shape index (κ2) is 6.99. The fraction of sp³-hybridized carbons (Fsp3) is 0.278. The highest BCUT2D eigenvalue weighted by atomic mass is 19.3. The van der Waals surface area contributed by atoms with Gasteiger partial charge in [0.05, 0.1) is 11.4 Å². The van der Waals surface area contributed by atoms with Crippen molar-refractivity contribution in [2.45, 2.75) is 31.9 Å². The van der Waals surface area contributed by atoms with Crippen LogP contribution in [0.15, 0.2) is 30.3 Å². The maximum absolute atomic E-state index is 13.8. The molecule has 4 rings (SSSR count). The summed E-state index contributed by atoms with van der Waals surface area (Å²) in [6.45, 7) is -2.88. The third-order valence-electron chi connectivity index (χ3n) is 4.59. The van der Waals surface area contributed by atoms with E-state index in [2.05, 4.69) is 26.4 Å². The molecule has 6 nitrogen and oxygen atoms in total. The Kier molecular flexibility index (Phi) is 4.53. The molecule has 0 aromatic heterocycles. The Hall–Kier alpha value is -2.94. The van der Waals surface area contributed by atoms with E-state index in [0.29, 0.717) is 5.92 Å². The number of nitrogens with one attached hydrogen (secondary N) is 4. The van der Waals surface area contributed by atoms with E-state index in [9.17, 15) is 18.0 Å². The molecule has 1 aliphatic carbocycles. The molecule has 27 heavy (non-hydrogen) atoms. The summed E-state index contributed by atoms with van der Waals surface area (Å²) >= 11 is 0. The maximum Gasteiger partial charge on any atom is 0.387 e. The Morgan fingerprint density at radius 1 is 1.22 bits per heavy atom. The minimum Gasteiger partial charge on any atom is -0.432 e. The summed E-state index contributed by atoms with van der Waals surface area (Å²) in [6.07, 6.45) is 2.22. The van der Waals surface area contributed by atoms with Crippen molar-refractivity contribution in [3.63, 3.8) is 0 Å². The molecule has 9 heteroatoms. The zero-order valence-corrected chi connectivity index (χ0v) is 14.1. The van der Waals surface area contributed by atoms with Gasteiger partial charge >= 0.3 is 6.61 Å². The van der Waals surface area contributed by atoms with Crippen LogP contribution in [-0.2, 0) is 6.54 Å². The molecule has 0 bridgehead atoms. The summed E-state index contributed by atoms with van der Waals surface area (Å²) in [5, 5.41) is 2.77. The number of carbonyl (C=O) groups excluding carboxylic acids is 1. The molecule has 0 saturated heterocycles. The molecule has 0 atom stereocenters. The lowest BCUT2D eigenvalue weighted by Gasteiger charge is -2.14. The van der Waals surface area contributed by atoms with Crippen molar-refractivity contribution in [3.8, 4) is 5.75 Å². The fourth-order valence-corrected chi connectivity index (χ4v) is 3.14. The van der Waals surface area contributed by atoms with Gasteiger partial charge in [-0.15, -0.1) is 5.53 Å².